The van der Waals surface area contributed by atoms with Crippen LogP contribution in [0.4, 0.5) is 0 Å². The molecule has 2 aromatic heterocycles. The number of hydrogen-bond acceptors (Lipinski definition) is 4. The topological polar surface area (TPSA) is 70.7 Å². The van der Waals surface area contributed by atoms with Crippen LogP contribution in [0.15, 0.2) is 5.38 Å². The third-order valence-electron chi connectivity index (χ3n) is 3.61. The van der Waals surface area contributed by atoms with E-state index in [2.05, 4.69) is 27.4 Å². The molecule has 0 aliphatic rings. The Morgan fingerprint density at radius 3 is 2.76 bits per heavy atom. The summed E-state index contributed by atoms with van der Waals surface area (Å²) in [6.45, 7) is 8.71. The first kappa shape index (κ1) is 15.7. The highest BCUT2D eigenvalue weighted by Gasteiger charge is 2.12. The number of amides is 1. The van der Waals surface area contributed by atoms with Crippen molar-refractivity contribution in [2.24, 2.45) is 0 Å². The van der Waals surface area contributed by atoms with Crippen molar-refractivity contribution in [3.63, 3.8) is 0 Å². The number of rotatable bonds is 6. The number of aromatic amines is 1. The summed E-state index contributed by atoms with van der Waals surface area (Å²) in [5.41, 5.74) is 4.23. The van der Waals surface area contributed by atoms with Gasteiger partial charge in [-0.05, 0) is 26.3 Å². The molecule has 1 amide bonds. The van der Waals surface area contributed by atoms with E-state index in [1.165, 1.54) is 0 Å². The monoisotopic (exact) mass is 306 g/mol. The van der Waals surface area contributed by atoms with Gasteiger partial charge < -0.3 is 5.32 Å². The molecule has 0 radical (unpaired) electrons. The fraction of sp³-hybridized carbons (Fsp3) is 0.533. The van der Waals surface area contributed by atoms with Crippen molar-refractivity contribution >= 4 is 17.2 Å². The standard InChI is InChI=1S/C15H22N4OS/c1-9(15-17-10(2)8-21-15)7-16-14(20)6-5-13-11(3)12(4)18-19-13/h8-9H,5-7H2,1-4H3,(H,16,20)(H,18,19)/t9-/m1/s1. The minimum absolute atomic E-state index is 0.0650. The molecule has 2 rings (SSSR count). The SMILES string of the molecule is Cc1csc([C@H](C)CNC(=O)CCc2n[nH]c(C)c2C)n1. The van der Waals surface area contributed by atoms with Crippen molar-refractivity contribution in [2.75, 3.05) is 6.54 Å². The third-order valence-corrected chi connectivity index (χ3v) is 4.80. The molecule has 1 atom stereocenters. The number of carbonyl (C=O) groups is 1. The van der Waals surface area contributed by atoms with Crippen LogP contribution in [-0.4, -0.2) is 27.6 Å². The number of aryl methyl sites for hydroxylation is 3. The molecule has 0 saturated carbocycles. The van der Waals surface area contributed by atoms with Gasteiger partial charge >= 0.3 is 0 Å². The fourth-order valence-electron chi connectivity index (χ4n) is 2.05. The van der Waals surface area contributed by atoms with Gasteiger partial charge in [0.25, 0.3) is 0 Å². The second-order valence-electron chi connectivity index (χ2n) is 5.45. The normalized spacial score (nSPS) is 12.4. The number of nitrogens with one attached hydrogen (secondary N) is 2. The summed E-state index contributed by atoms with van der Waals surface area (Å²) in [7, 11) is 0. The highest BCUT2D eigenvalue weighted by molar-refractivity contribution is 7.09. The van der Waals surface area contributed by atoms with E-state index in [0.29, 0.717) is 19.4 Å². The second kappa shape index (κ2) is 6.85. The summed E-state index contributed by atoms with van der Waals surface area (Å²) in [5.74, 6) is 0.317. The number of H-pyrrole nitrogens is 1. The van der Waals surface area contributed by atoms with Crippen LogP contribution in [0.3, 0.4) is 0 Å². The Labute approximate surface area is 129 Å². The smallest absolute Gasteiger partial charge is 0.220 e. The third kappa shape index (κ3) is 4.14. The van der Waals surface area contributed by atoms with Crippen LogP contribution < -0.4 is 5.32 Å². The van der Waals surface area contributed by atoms with Gasteiger partial charge in [0.1, 0.15) is 0 Å². The maximum Gasteiger partial charge on any atom is 0.220 e. The molecule has 2 heterocycles. The number of carbonyl (C=O) groups excluding carboxylic acids is 1. The zero-order valence-corrected chi connectivity index (χ0v) is 13.8. The Bertz CT molecular complexity index is 617. The van der Waals surface area contributed by atoms with Gasteiger partial charge in [-0.1, -0.05) is 6.92 Å². The zero-order chi connectivity index (χ0) is 15.4. The van der Waals surface area contributed by atoms with Gasteiger partial charge in [-0.15, -0.1) is 11.3 Å². The Hall–Kier alpha value is -1.69. The minimum Gasteiger partial charge on any atom is -0.355 e. The molecular formula is C15H22N4OS. The van der Waals surface area contributed by atoms with Crippen molar-refractivity contribution in [3.05, 3.63) is 33.0 Å². The number of hydrogen-bond donors (Lipinski definition) is 2. The molecule has 0 aliphatic carbocycles. The van der Waals surface area contributed by atoms with E-state index in [9.17, 15) is 4.79 Å². The molecule has 6 heteroatoms. The maximum atomic E-state index is 11.9. The lowest BCUT2D eigenvalue weighted by Gasteiger charge is -2.10. The van der Waals surface area contributed by atoms with Gasteiger partial charge in [0, 0.05) is 42.1 Å². The van der Waals surface area contributed by atoms with Gasteiger partial charge in [-0.3, -0.25) is 9.89 Å². The molecule has 0 saturated heterocycles. The first-order chi connectivity index (χ1) is 9.97. The minimum atomic E-state index is 0.0650. The van der Waals surface area contributed by atoms with Crippen LogP contribution in [0.2, 0.25) is 0 Å². The average Bonchev–Trinajstić information content (AvgIpc) is 3.02. The van der Waals surface area contributed by atoms with Crippen molar-refractivity contribution in [3.8, 4) is 0 Å². The van der Waals surface area contributed by atoms with Gasteiger partial charge in [-0.2, -0.15) is 5.10 Å². The van der Waals surface area contributed by atoms with Crippen molar-refractivity contribution in [2.45, 2.75) is 46.5 Å². The van der Waals surface area contributed by atoms with Crippen LogP contribution in [-0.2, 0) is 11.2 Å². The summed E-state index contributed by atoms with van der Waals surface area (Å²) < 4.78 is 0. The van der Waals surface area contributed by atoms with Crippen LogP contribution in [0, 0.1) is 20.8 Å². The predicted octanol–water partition coefficient (Wildman–Crippen LogP) is 2.64. The highest BCUT2D eigenvalue weighted by atomic mass is 32.1. The lowest BCUT2D eigenvalue weighted by atomic mass is 10.1. The largest absolute Gasteiger partial charge is 0.355 e. The number of aromatic nitrogens is 3. The molecule has 0 spiro atoms. The fourth-order valence-corrected chi connectivity index (χ4v) is 2.91. The lowest BCUT2D eigenvalue weighted by molar-refractivity contribution is -0.121. The van der Waals surface area contributed by atoms with Crippen molar-refractivity contribution < 1.29 is 4.79 Å². The van der Waals surface area contributed by atoms with E-state index in [1.807, 2.05) is 26.2 Å². The maximum absolute atomic E-state index is 11.9. The molecule has 114 valence electrons. The number of thiazole rings is 1. The van der Waals surface area contributed by atoms with Gasteiger partial charge in [0.05, 0.1) is 10.7 Å². The van der Waals surface area contributed by atoms with Gasteiger partial charge in [0.2, 0.25) is 5.91 Å². The van der Waals surface area contributed by atoms with E-state index in [-0.39, 0.29) is 11.8 Å². The molecule has 0 aromatic carbocycles. The lowest BCUT2D eigenvalue weighted by Crippen LogP contribution is -2.27. The van der Waals surface area contributed by atoms with E-state index < -0.39 is 0 Å². The molecule has 2 N–H and O–H groups in total. The first-order valence-electron chi connectivity index (χ1n) is 7.16. The Kier molecular flexibility index (Phi) is 5.12. The van der Waals surface area contributed by atoms with E-state index in [1.54, 1.807) is 11.3 Å². The van der Waals surface area contributed by atoms with E-state index >= 15 is 0 Å². The van der Waals surface area contributed by atoms with Crippen LogP contribution in [0.5, 0.6) is 0 Å². The average molecular weight is 306 g/mol. The molecule has 0 bridgehead atoms. The molecule has 2 aromatic rings. The van der Waals surface area contributed by atoms with Crippen LogP contribution >= 0.6 is 11.3 Å². The highest BCUT2D eigenvalue weighted by Crippen LogP contribution is 2.19. The molecule has 0 aliphatic heterocycles. The molecule has 5 nitrogen and oxygen atoms in total. The Balaban J connectivity index is 1.76. The summed E-state index contributed by atoms with van der Waals surface area (Å²) in [4.78, 5) is 16.4. The molecule has 21 heavy (non-hydrogen) atoms. The Morgan fingerprint density at radius 1 is 1.43 bits per heavy atom. The van der Waals surface area contributed by atoms with Crippen molar-refractivity contribution in [1.29, 1.82) is 0 Å². The zero-order valence-electron chi connectivity index (χ0n) is 13.0. The van der Waals surface area contributed by atoms with Gasteiger partial charge in [-0.25, -0.2) is 4.98 Å². The summed E-state index contributed by atoms with van der Waals surface area (Å²) in [5, 5.41) is 13.3. The second-order valence-corrected chi connectivity index (χ2v) is 6.34. The Morgan fingerprint density at radius 2 is 2.19 bits per heavy atom. The summed E-state index contributed by atoms with van der Waals surface area (Å²) in [6, 6.07) is 0. The molecular weight excluding hydrogens is 284 g/mol. The quantitative estimate of drug-likeness (QED) is 0.862. The summed E-state index contributed by atoms with van der Waals surface area (Å²) in [6.07, 6.45) is 1.14. The molecule has 0 unspecified atom stereocenters. The van der Waals surface area contributed by atoms with E-state index in [4.69, 9.17) is 0 Å². The van der Waals surface area contributed by atoms with Crippen molar-refractivity contribution in [1.82, 2.24) is 20.5 Å². The van der Waals surface area contributed by atoms with Crippen LogP contribution in [0.25, 0.3) is 0 Å². The first-order valence-corrected chi connectivity index (χ1v) is 8.04. The van der Waals surface area contributed by atoms with Crippen LogP contribution in [0.1, 0.15) is 46.9 Å². The summed E-state index contributed by atoms with van der Waals surface area (Å²) >= 11 is 1.65. The van der Waals surface area contributed by atoms with E-state index in [0.717, 1.165) is 27.7 Å². The molecule has 0 fully saturated rings. The number of nitrogens with zero attached hydrogens (tertiary/aromatic N) is 2. The predicted molar refractivity (Wildman–Crippen MR) is 84.7 cm³/mol. The van der Waals surface area contributed by atoms with Gasteiger partial charge in [0.15, 0.2) is 0 Å².